The van der Waals surface area contributed by atoms with Gasteiger partial charge in [0.25, 0.3) is 0 Å². The molecule has 0 amide bonds. The minimum Gasteiger partial charge on any atom is -0.422 e. The molecule has 0 aliphatic carbocycles. The molecule has 0 saturated carbocycles. The highest BCUT2D eigenvalue weighted by molar-refractivity contribution is 6.32. The van der Waals surface area contributed by atoms with E-state index < -0.39 is 11.9 Å². The first-order valence-electron chi connectivity index (χ1n) is 7.99. The van der Waals surface area contributed by atoms with Gasteiger partial charge < -0.3 is 9.47 Å². The highest BCUT2D eigenvalue weighted by Gasteiger charge is 2.12. The molecular weight excluding hydrogens is 387 g/mol. The Bertz CT molecular complexity index is 856. The molecule has 4 nitrogen and oxygen atoms in total. The average Bonchev–Trinajstić information content (AvgIpc) is 2.59. The second kappa shape index (κ2) is 8.89. The molecule has 6 heteroatoms. The van der Waals surface area contributed by atoms with Crippen LogP contribution in [0.15, 0.2) is 60.7 Å². The molecule has 0 aliphatic heterocycles. The number of carbonyl (C=O) groups is 2. The van der Waals surface area contributed by atoms with Crippen molar-refractivity contribution in [2.75, 3.05) is 0 Å². The lowest BCUT2D eigenvalue weighted by atomic mass is 10.0. The first-order valence-corrected chi connectivity index (χ1v) is 8.75. The van der Waals surface area contributed by atoms with E-state index in [-0.39, 0.29) is 22.6 Å². The van der Waals surface area contributed by atoms with Gasteiger partial charge in [0, 0.05) is 11.1 Å². The fraction of sp³-hybridized carbons (Fsp3) is 0.143. The average molecular weight is 405 g/mol. The largest absolute Gasteiger partial charge is 0.422 e. The Morgan fingerprint density at radius 3 is 1.48 bits per heavy atom. The van der Waals surface area contributed by atoms with E-state index in [1.54, 1.807) is 50.2 Å². The Morgan fingerprint density at radius 2 is 1.19 bits per heavy atom. The quantitative estimate of drug-likeness (QED) is 0.359. The van der Waals surface area contributed by atoms with Crippen molar-refractivity contribution in [1.29, 1.82) is 0 Å². The number of esters is 2. The van der Waals surface area contributed by atoms with Crippen molar-refractivity contribution in [2.24, 2.45) is 0 Å². The molecule has 0 unspecified atom stereocenters. The molecule has 0 bridgehead atoms. The third-order valence-electron chi connectivity index (χ3n) is 3.50. The maximum atomic E-state index is 11.6. The molecule has 0 fully saturated rings. The Hall–Kier alpha value is -2.56. The Labute approximate surface area is 168 Å². The predicted molar refractivity (Wildman–Crippen MR) is 107 cm³/mol. The Balaban J connectivity index is 2.13. The van der Waals surface area contributed by atoms with E-state index in [4.69, 9.17) is 32.7 Å². The minimum atomic E-state index is -0.531. The fourth-order valence-corrected chi connectivity index (χ4v) is 2.57. The van der Waals surface area contributed by atoms with Crippen molar-refractivity contribution < 1.29 is 19.1 Å². The summed E-state index contributed by atoms with van der Waals surface area (Å²) >= 11 is 12.4. The van der Waals surface area contributed by atoms with E-state index in [1.807, 2.05) is 0 Å². The van der Waals surface area contributed by atoms with E-state index in [2.05, 4.69) is 13.2 Å². The van der Waals surface area contributed by atoms with E-state index in [1.165, 1.54) is 0 Å². The molecule has 0 saturated heterocycles. The lowest BCUT2D eigenvalue weighted by Gasteiger charge is -2.10. The van der Waals surface area contributed by atoms with Crippen molar-refractivity contribution in [3.8, 4) is 11.5 Å². The second-order valence-corrected chi connectivity index (χ2v) is 6.86. The summed E-state index contributed by atoms with van der Waals surface area (Å²) in [4.78, 5) is 23.2. The van der Waals surface area contributed by atoms with Crippen LogP contribution < -0.4 is 9.47 Å². The van der Waals surface area contributed by atoms with Gasteiger partial charge in [0.15, 0.2) is 0 Å². The number of hydrogen-bond acceptors (Lipinski definition) is 4. The molecule has 0 heterocycles. The highest BCUT2D eigenvalue weighted by Crippen LogP contribution is 2.30. The van der Waals surface area contributed by atoms with E-state index in [9.17, 15) is 9.59 Å². The van der Waals surface area contributed by atoms with Crippen LogP contribution in [0.1, 0.15) is 25.0 Å². The summed E-state index contributed by atoms with van der Waals surface area (Å²) in [6.45, 7) is 10.2. The van der Waals surface area contributed by atoms with E-state index in [0.29, 0.717) is 16.5 Å². The van der Waals surface area contributed by atoms with Crippen LogP contribution in [-0.4, -0.2) is 11.9 Å². The molecule has 0 atom stereocenters. The van der Waals surface area contributed by atoms with Crippen LogP contribution in [0.4, 0.5) is 0 Å². The van der Waals surface area contributed by atoms with Crippen LogP contribution in [0.5, 0.6) is 11.5 Å². The minimum absolute atomic E-state index is 0.272. The van der Waals surface area contributed by atoms with Crippen LogP contribution in [0, 0.1) is 0 Å². The SMILES string of the molecule is C=C(C)C(=O)Oc1ccc(Cc2ccc(OC(=O)C(=C)C)c(Cl)c2)cc1Cl. The van der Waals surface area contributed by atoms with Gasteiger partial charge in [-0.1, -0.05) is 48.5 Å². The second-order valence-electron chi connectivity index (χ2n) is 6.05. The predicted octanol–water partition coefficient (Wildman–Crippen LogP) is 5.55. The zero-order valence-corrected chi connectivity index (χ0v) is 16.5. The normalized spacial score (nSPS) is 10.2. The smallest absolute Gasteiger partial charge is 0.338 e. The number of benzene rings is 2. The molecule has 2 rings (SSSR count). The number of hydrogen-bond donors (Lipinski definition) is 0. The van der Waals surface area contributed by atoms with Gasteiger partial charge in [-0.15, -0.1) is 0 Å². The Kier molecular flexibility index (Phi) is 6.83. The molecule has 0 aromatic heterocycles. The topological polar surface area (TPSA) is 52.6 Å². The standard InChI is InChI=1S/C21H18Cl2O4/c1-12(2)20(24)26-18-7-5-14(10-16(18)22)9-15-6-8-19(17(23)11-15)27-21(25)13(3)4/h5-8,10-11H,1,3,9H2,2,4H3. The molecule has 0 N–H and O–H groups in total. The van der Waals surface area contributed by atoms with Gasteiger partial charge in [0.2, 0.25) is 0 Å². The van der Waals surface area contributed by atoms with Gasteiger partial charge in [-0.3, -0.25) is 0 Å². The summed E-state index contributed by atoms with van der Waals surface area (Å²) in [5.74, 6) is -0.519. The third kappa shape index (κ3) is 5.71. The molecule has 0 radical (unpaired) electrons. The van der Waals surface area contributed by atoms with Gasteiger partial charge in [0.05, 0.1) is 10.0 Å². The van der Waals surface area contributed by atoms with Gasteiger partial charge in [-0.25, -0.2) is 9.59 Å². The maximum absolute atomic E-state index is 11.6. The van der Waals surface area contributed by atoms with Crippen LogP contribution in [-0.2, 0) is 16.0 Å². The van der Waals surface area contributed by atoms with Crippen LogP contribution in [0.2, 0.25) is 10.0 Å². The van der Waals surface area contributed by atoms with Crippen molar-refractivity contribution in [3.63, 3.8) is 0 Å². The number of halogens is 2. The van der Waals surface area contributed by atoms with Crippen molar-refractivity contribution in [2.45, 2.75) is 20.3 Å². The Morgan fingerprint density at radius 1 is 0.815 bits per heavy atom. The maximum Gasteiger partial charge on any atom is 0.338 e. The first kappa shape index (κ1) is 20.7. The van der Waals surface area contributed by atoms with Crippen molar-refractivity contribution in [1.82, 2.24) is 0 Å². The van der Waals surface area contributed by atoms with E-state index >= 15 is 0 Å². The third-order valence-corrected chi connectivity index (χ3v) is 4.09. The highest BCUT2D eigenvalue weighted by atomic mass is 35.5. The monoisotopic (exact) mass is 404 g/mol. The summed E-state index contributed by atoms with van der Waals surface area (Å²) in [5, 5.41) is 0.639. The lowest BCUT2D eigenvalue weighted by Crippen LogP contribution is -2.08. The molecule has 2 aromatic rings. The molecular formula is C21H18Cl2O4. The summed E-state index contributed by atoms with van der Waals surface area (Å²) in [6, 6.07) is 10.3. The van der Waals surface area contributed by atoms with Crippen molar-refractivity contribution in [3.05, 3.63) is 81.9 Å². The lowest BCUT2D eigenvalue weighted by molar-refractivity contribution is -0.130. The van der Waals surface area contributed by atoms with Gasteiger partial charge in [-0.05, 0) is 55.7 Å². The van der Waals surface area contributed by atoms with Gasteiger partial charge in [-0.2, -0.15) is 0 Å². The van der Waals surface area contributed by atoms with Gasteiger partial charge >= 0.3 is 11.9 Å². The molecule has 0 aliphatic rings. The molecule has 0 spiro atoms. The number of ether oxygens (including phenoxy) is 2. The van der Waals surface area contributed by atoms with Crippen LogP contribution in [0.3, 0.4) is 0 Å². The van der Waals surface area contributed by atoms with Crippen molar-refractivity contribution >= 4 is 35.1 Å². The zero-order chi connectivity index (χ0) is 20.1. The summed E-state index contributed by atoms with van der Waals surface area (Å²) in [5.41, 5.74) is 2.38. The summed E-state index contributed by atoms with van der Waals surface area (Å²) < 4.78 is 10.3. The summed E-state index contributed by atoms with van der Waals surface area (Å²) in [6.07, 6.45) is 0.545. The summed E-state index contributed by atoms with van der Waals surface area (Å²) in [7, 11) is 0. The van der Waals surface area contributed by atoms with E-state index in [0.717, 1.165) is 11.1 Å². The van der Waals surface area contributed by atoms with Crippen LogP contribution >= 0.6 is 23.2 Å². The fourth-order valence-electron chi connectivity index (χ4n) is 2.08. The molecule has 2 aromatic carbocycles. The van der Waals surface area contributed by atoms with Gasteiger partial charge in [0.1, 0.15) is 11.5 Å². The number of carbonyl (C=O) groups excluding carboxylic acids is 2. The first-order chi connectivity index (χ1) is 12.7. The zero-order valence-electron chi connectivity index (χ0n) is 15.0. The molecule has 140 valence electrons. The van der Waals surface area contributed by atoms with Crippen LogP contribution in [0.25, 0.3) is 0 Å². The number of rotatable bonds is 6. The molecule has 27 heavy (non-hydrogen) atoms.